The van der Waals surface area contributed by atoms with Crippen LogP contribution < -0.4 is 16.4 Å². The largest absolute Gasteiger partial charge is 0.390 e. The van der Waals surface area contributed by atoms with Gasteiger partial charge in [0.15, 0.2) is 0 Å². The number of amides is 3. The predicted octanol–water partition coefficient (Wildman–Crippen LogP) is -0.794. The van der Waals surface area contributed by atoms with Crippen LogP contribution in [-0.4, -0.2) is 70.2 Å². The third kappa shape index (κ3) is 4.85. The Morgan fingerprint density at radius 1 is 1.12 bits per heavy atom. The fraction of sp³-hybridized carbons (Fsp3) is 0.522. The number of aliphatic hydroxyl groups is 2. The van der Waals surface area contributed by atoms with Gasteiger partial charge >= 0.3 is 0 Å². The van der Waals surface area contributed by atoms with Gasteiger partial charge in [-0.05, 0) is 24.1 Å². The zero-order chi connectivity index (χ0) is 23.6. The molecule has 5 unspecified atom stereocenters. The van der Waals surface area contributed by atoms with Crippen molar-refractivity contribution in [1.29, 1.82) is 0 Å². The first kappa shape index (κ1) is 23.9. The third-order valence-corrected chi connectivity index (χ3v) is 6.25. The molecule has 1 aromatic rings. The van der Waals surface area contributed by atoms with Crippen LogP contribution in [0.3, 0.4) is 0 Å². The predicted molar refractivity (Wildman–Crippen MR) is 118 cm³/mol. The van der Waals surface area contributed by atoms with E-state index in [9.17, 15) is 24.6 Å². The molecule has 0 aromatic heterocycles. The number of nitrogens with one attached hydrogen (secondary N) is 2. The quantitative estimate of drug-likeness (QED) is 0.389. The molecule has 0 spiro atoms. The van der Waals surface area contributed by atoms with Crippen LogP contribution in [0.25, 0.3) is 0 Å². The second-order valence-electron chi connectivity index (χ2n) is 8.82. The monoisotopic (exact) mass is 444 g/mol. The number of rotatable bonds is 6. The second kappa shape index (κ2) is 9.81. The van der Waals surface area contributed by atoms with E-state index in [0.717, 1.165) is 11.1 Å². The second-order valence-corrected chi connectivity index (χ2v) is 8.82. The van der Waals surface area contributed by atoms with Crippen LogP contribution in [0.15, 0.2) is 35.9 Å². The molecule has 9 nitrogen and oxygen atoms in total. The Kier molecular flexibility index (Phi) is 7.33. The minimum Gasteiger partial charge on any atom is -0.390 e. The summed E-state index contributed by atoms with van der Waals surface area (Å²) >= 11 is 0. The average Bonchev–Trinajstić information content (AvgIpc) is 2.75. The van der Waals surface area contributed by atoms with Gasteiger partial charge in [-0.1, -0.05) is 44.2 Å². The number of primary amides is 1. The van der Waals surface area contributed by atoms with E-state index >= 15 is 0 Å². The van der Waals surface area contributed by atoms with E-state index in [4.69, 9.17) is 5.73 Å². The highest BCUT2D eigenvalue weighted by Crippen LogP contribution is 2.28. The van der Waals surface area contributed by atoms with Crippen molar-refractivity contribution in [2.45, 2.75) is 63.6 Å². The minimum atomic E-state index is -1.26. The molecule has 1 aliphatic heterocycles. The van der Waals surface area contributed by atoms with Gasteiger partial charge in [0, 0.05) is 25.0 Å². The van der Waals surface area contributed by atoms with Crippen LogP contribution in [0.4, 0.5) is 0 Å². The summed E-state index contributed by atoms with van der Waals surface area (Å²) in [6, 6.07) is 5.29. The van der Waals surface area contributed by atoms with Crippen molar-refractivity contribution < 1.29 is 24.6 Å². The molecule has 174 valence electrons. The Morgan fingerprint density at radius 3 is 2.38 bits per heavy atom. The SMILES string of the molecule is CNC(C(=O)NC1C=C(C(=O)N2Cc3ccccc3CC2C(N)=O)CC(O)C1O)C(C)C. The van der Waals surface area contributed by atoms with E-state index in [2.05, 4.69) is 10.6 Å². The maximum absolute atomic E-state index is 13.4. The Balaban J connectivity index is 1.86. The molecule has 6 N–H and O–H groups in total. The maximum atomic E-state index is 13.4. The van der Waals surface area contributed by atoms with Gasteiger partial charge in [0.25, 0.3) is 5.91 Å². The summed E-state index contributed by atoms with van der Waals surface area (Å²) in [5, 5.41) is 26.5. The Labute approximate surface area is 187 Å². The van der Waals surface area contributed by atoms with Gasteiger partial charge in [-0.15, -0.1) is 0 Å². The van der Waals surface area contributed by atoms with Crippen LogP contribution in [0.2, 0.25) is 0 Å². The molecule has 3 amide bonds. The number of carbonyl (C=O) groups is 3. The topological polar surface area (TPSA) is 145 Å². The van der Waals surface area contributed by atoms with Crippen molar-refractivity contribution in [2.24, 2.45) is 11.7 Å². The first-order valence-electron chi connectivity index (χ1n) is 10.9. The Morgan fingerprint density at radius 2 is 1.78 bits per heavy atom. The molecule has 32 heavy (non-hydrogen) atoms. The molecule has 0 bridgehead atoms. The van der Waals surface area contributed by atoms with E-state index in [0.29, 0.717) is 6.42 Å². The standard InChI is InChI=1S/C23H32N4O5/c1-12(2)19(25-3)22(31)26-16-8-15(10-18(28)20(16)29)23(32)27-11-14-7-5-4-6-13(14)9-17(27)21(24)30/h4-8,12,16-20,25,28-29H,9-11H2,1-3H3,(H2,24,30)(H,26,31). The minimum absolute atomic E-state index is 0.000446. The molecule has 1 aliphatic carbocycles. The highest BCUT2D eigenvalue weighted by atomic mass is 16.3. The molecule has 0 saturated carbocycles. The number of benzene rings is 1. The van der Waals surface area contributed by atoms with Crippen LogP contribution in [0.5, 0.6) is 0 Å². The molecule has 0 radical (unpaired) electrons. The van der Waals surface area contributed by atoms with Gasteiger partial charge in [-0.2, -0.15) is 0 Å². The van der Waals surface area contributed by atoms with Gasteiger partial charge in [0.1, 0.15) is 12.1 Å². The van der Waals surface area contributed by atoms with Gasteiger partial charge in [-0.25, -0.2) is 0 Å². The maximum Gasteiger partial charge on any atom is 0.250 e. The van der Waals surface area contributed by atoms with E-state index < -0.39 is 42.1 Å². The lowest BCUT2D eigenvalue weighted by atomic mass is 9.87. The number of fused-ring (bicyclic) bond motifs is 1. The summed E-state index contributed by atoms with van der Waals surface area (Å²) in [5.41, 5.74) is 7.71. The number of nitrogens with zero attached hydrogens (tertiary/aromatic N) is 1. The zero-order valence-corrected chi connectivity index (χ0v) is 18.6. The molecule has 0 saturated heterocycles. The lowest BCUT2D eigenvalue weighted by Gasteiger charge is -2.38. The summed E-state index contributed by atoms with van der Waals surface area (Å²) in [7, 11) is 1.67. The third-order valence-electron chi connectivity index (χ3n) is 6.25. The Hall–Kier alpha value is -2.75. The normalized spacial score (nSPS) is 26.2. The summed E-state index contributed by atoms with van der Waals surface area (Å²) in [6.07, 6.45) is -0.790. The van der Waals surface area contributed by atoms with E-state index in [1.54, 1.807) is 7.05 Å². The van der Waals surface area contributed by atoms with Crippen molar-refractivity contribution in [3.05, 3.63) is 47.0 Å². The number of nitrogens with two attached hydrogens (primary N) is 1. The number of hydrogen-bond acceptors (Lipinski definition) is 6. The summed E-state index contributed by atoms with van der Waals surface area (Å²) in [4.78, 5) is 39.6. The first-order chi connectivity index (χ1) is 15.1. The number of likely N-dealkylation sites (N-methyl/N-ethyl adjacent to an activating group) is 1. The van der Waals surface area contributed by atoms with Crippen LogP contribution in [0, 0.1) is 5.92 Å². The number of hydrogen-bond donors (Lipinski definition) is 5. The lowest BCUT2D eigenvalue weighted by Crippen LogP contribution is -2.56. The number of carbonyl (C=O) groups excluding carboxylic acids is 3. The highest BCUT2D eigenvalue weighted by molar-refractivity contribution is 5.97. The molecule has 5 atom stereocenters. The van der Waals surface area contributed by atoms with E-state index in [1.807, 2.05) is 38.1 Å². The van der Waals surface area contributed by atoms with Gasteiger partial charge in [-0.3, -0.25) is 14.4 Å². The van der Waals surface area contributed by atoms with Crippen LogP contribution >= 0.6 is 0 Å². The summed E-state index contributed by atoms with van der Waals surface area (Å²) in [5.74, 6) is -1.39. The van der Waals surface area contributed by atoms with Crippen molar-refractivity contribution in [3.63, 3.8) is 0 Å². The van der Waals surface area contributed by atoms with Crippen LogP contribution in [0.1, 0.15) is 31.4 Å². The molecule has 0 fully saturated rings. The molecular weight excluding hydrogens is 412 g/mol. The van der Waals surface area contributed by atoms with Crippen LogP contribution in [-0.2, 0) is 27.3 Å². The molecule has 3 rings (SSSR count). The van der Waals surface area contributed by atoms with Gasteiger partial charge < -0.3 is 31.5 Å². The van der Waals surface area contributed by atoms with E-state index in [1.165, 1.54) is 11.0 Å². The molecule has 2 aliphatic rings. The van der Waals surface area contributed by atoms with E-state index in [-0.39, 0.29) is 30.4 Å². The summed E-state index contributed by atoms with van der Waals surface area (Å²) in [6.45, 7) is 3.98. The molecule has 1 heterocycles. The molecule has 9 heteroatoms. The van der Waals surface area contributed by atoms with Crippen molar-refractivity contribution in [3.8, 4) is 0 Å². The fourth-order valence-electron chi connectivity index (χ4n) is 4.45. The lowest BCUT2D eigenvalue weighted by molar-refractivity contribution is -0.138. The molecular formula is C23H32N4O5. The summed E-state index contributed by atoms with van der Waals surface area (Å²) < 4.78 is 0. The smallest absolute Gasteiger partial charge is 0.250 e. The van der Waals surface area contributed by atoms with Crippen molar-refractivity contribution in [2.75, 3.05) is 7.05 Å². The first-order valence-corrected chi connectivity index (χ1v) is 10.9. The number of aliphatic hydroxyl groups excluding tert-OH is 2. The van der Waals surface area contributed by atoms with Crippen molar-refractivity contribution >= 4 is 17.7 Å². The fourth-order valence-corrected chi connectivity index (χ4v) is 4.45. The van der Waals surface area contributed by atoms with Gasteiger partial charge in [0.05, 0.1) is 18.2 Å². The zero-order valence-electron chi connectivity index (χ0n) is 18.6. The molecule has 1 aromatic carbocycles. The van der Waals surface area contributed by atoms with Gasteiger partial charge in [0.2, 0.25) is 11.8 Å². The van der Waals surface area contributed by atoms with Crippen molar-refractivity contribution in [1.82, 2.24) is 15.5 Å². The average molecular weight is 445 g/mol. The Bertz CT molecular complexity index is 915. The highest BCUT2D eigenvalue weighted by Gasteiger charge is 2.39.